The van der Waals surface area contributed by atoms with Crippen LogP contribution in [0.1, 0.15) is 6.92 Å². The molecule has 4 heteroatoms. The Morgan fingerprint density at radius 1 is 1.33 bits per heavy atom. The largest absolute Gasteiger partial charge is 1.00 e. The summed E-state index contributed by atoms with van der Waals surface area (Å²) >= 11 is 2.20. The van der Waals surface area contributed by atoms with Crippen LogP contribution in [0.2, 0.25) is 22.4 Å². The fraction of sp³-hybridized carbons (Fsp3) is 1.00. The van der Waals surface area contributed by atoms with E-state index in [1.165, 1.54) is 10.2 Å². The van der Waals surface area contributed by atoms with Crippen LogP contribution >= 0.6 is 0 Å². The molecule has 0 nitrogen and oxygen atoms in total. The van der Waals surface area contributed by atoms with Gasteiger partial charge in [0.2, 0.25) is 0 Å². The maximum atomic E-state index is 2.45. The van der Waals surface area contributed by atoms with E-state index < -0.39 is 8.07 Å². The maximum Gasteiger partial charge on any atom is -1.00 e. The van der Waals surface area contributed by atoms with Gasteiger partial charge in [-0.2, -0.15) is 0 Å². The molecule has 0 rings (SSSR count). The molecule has 1 atom stereocenters. The molecule has 0 spiro atoms. The van der Waals surface area contributed by atoms with Crippen LogP contribution in [0.4, 0.5) is 0 Å². The van der Waals surface area contributed by atoms with Crippen LogP contribution in [0.25, 0.3) is 0 Å². The van der Waals surface area contributed by atoms with Gasteiger partial charge in [-0.05, 0) is 0 Å². The van der Waals surface area contributed by atoms with Crippen LogP contribution in [0, 0.1) is 0 Å². The monoisotopic (exact) mass is 190 g/mol. The number of halogens is 1. The third-order valence-electron chi connectivity index (χ3n) is 2.03. The van der Waals surface area contributed by atoms with E-state index in [9.17, 15) is 0 Å². The van der Waals surface area contributed by atoms with Crippen LogP contribution in [0.3, 0.4) is 0 Å². The average Bonchev–Trinajstić information content (AvgIpc) is 1.25. The van der Waals surface area contributed by atoms with Crippen molar-refractivity contribution in [2.45, 2.75) is 29.4 Å². The summed E-state index contributed by atoms with van der Waals surface area (Å²) in [5.41, 5.74) is 0. The molecular formula is C5H15ClMgSi2. The summed E-state index contributed by atoms with van der Waals surface area (Å²) in [4.78, 5) is 0. The summed E-state index contributed by atoms with van der Waals surface area (Å²) in [5.74, 6) is 0. The van der Waals surface area contributed by atoms with Gasteiger partial charge < -0.3 is 12.4 Å². The second-order valence-electron chi connectivity index (χ2n) is 4.13. The molecule has 0 fully saturated rings. The van der Waals surface area contributed by atoms with Gasteiger partial charge in [0.25, 0.3) is 0 Å². The predicted octanol–water partition coefficient (Wildman–Crippen LogP) is -2.46. The molecule has 0 aromatic heterocycles. The molecule has 9 heavy (non-hydrogen) atoms. The molecule has 1 unspecified atom stereocenters. The first-order valence-electron chi connectivity index (χ1n) is 3.10. The average molecular weight is 191 g/mol. The Hall–Kier alpha value is 1.49. The van der Waals surface area contributed by atoms with Crippen molar-refractivity contribution in [3.8, 4) is 0 Å². The van der Waals surface area contributed by atoms with Gasteiger partial charge in [0, 0.05) is 0 Å². The van der Waals surface area contributed by atoms with Crippen molar-refractivity contribution in [3.63, 3.8) is 0 Å². The molecule has 0 aliphatic carbocycles. The molecule has 0 saturated carbocycles. The second-order valence-corrected chi connectivity index (χ2v) is 17.1. The van der Waals surface area contributed by atoms with Gasteiger partial charge >= 0.3 is 69.4 Å². The van der Waals surface area contributed by atoms with Crippen LogP contribution in [-0.2, 0) is 0 Å². The first-order valence-corrected chi connectivity index (χ1v) is 8.31. The van der Waals surface area contributed by atoms with Crippen molar-refractivity contribution in [1.29, 1.82) is 0 Å². The molecule has 0 radical (unpaired) electrons. The molecule has 0 heterocycles. The number of hydrogen-bond acceptors (Lipinski definition) is 0. The van der Waals surface area contributed by atoms with Crippen molar-refractivity contribution in [3.05, 3.63) is 0 Å². The Balaban J connectivity index is 0. The van der Waals surface area contributed by atoms with Gasteiger partial charge in [-0.25, -0.2) is 0 Å². The Labute approximate surface area is 81.5 Å². The molecule has 0 saturated heterocycles. The molecule has 0 aliphatic heterocycles. The smallest absolute Gasteiger partial charge is 1.00 e. The summed E-state index contributed by atoms with van der Waals surface area (Å²) in [6.45, 7) is 9.76. The van der Waals surface area contributed by atoms with Gasteiger partial charge in [-0.3, -0.25) is 0 Å². The van der Waals surface area contributed by atoms with Gasteiger partial charge in [-0.1, -0.05) is 0 Å². The quantitative estimate of drug-likeness (QED) is 0.403. The molecule has 0 aromatic rings. The van der Waals surface area contributed by atoms with Crippen LogP contribution in [0.15, 0.2) is 0 Å². The standard InChI is InChI=1S/C5H15Si2.ClH.Mg/c1-5(6)7(2,3)4;;/h1-4,6H3;1H;/q;;+1/p-1. The van der Waals surface area contributed by atoms with Crippen LogP contribution < -0.4 is 12.4 Å². The fourth-order valence-electron chi connectivity index (χ4n) is 0. The summed E-state index contributed by atoms with van der Waals surface area (Å²) < 4.78 is 0.743. The molecule has 0 aromatic carbocycles. The molecule has 0 bridgehead atoms. The summed E-state index contributed by atoms with van der Waals surface area (Å²) in [6.07, 6.45) is 0. The van der Waals surface area contributed by atoms with Crippen molar-refractivity contribution in [2.75, 3.05) is 0 Å². The number of rotatable bonds is 1. The summed E-state index contributed by atoms with van der Waals surface area (Å²) in [7, 11) is 0.576. The van der Waals surface area contributed by atoms with Crippen molar-refractivity contribution in [2.24, 2.45) is 0 Å². The molecule has 0 N–H and O–H groups in total. The Morgan fingerprint density at radius 3 is 1.44 bits per heavy atom. The van der Waals surface area contributed by atoms with Gasteiger partial charge in [0.05, 0.1) is 0 Å². The summed E-state index contributed by atoms with van der Waals surface area (Å²) in [5, 5.41) is 0. The van der Waals surface area contributed by atoms with E-state index in [1.54, 1.807) is 0 Å². The van der Waals surface area contributed by atoms with Gasteiger partial charge in [0.1, 0.15) is 0 Å². The fourth-order valence-corrected chi connectivity index (χ4v) is 0. The van der Waals surface area contributed by atoms with E-state index in [1.807, 2.05) is 0 Å². The minimum Gasteiger partial charge on any atom is -1.00 e. The zero-order valence-corrected chi connectivity index (χ0v) is 12.3. The van der Waals surface area contributed by atoms with E-state index in [2.05, 4.69) is 48.3 Å². The topological polar surface area (TPSA) is 0 Å². The van der Waals surface area contributed by atoms with E-state index in [0.717, 1.165) is 2.79 Å². The van der Waals surface area contributed by atoms with Crippen molar-refractivity contribution >= 4 is 40.0 Å². The van der Waals surface area contributed by atoms with Crippen molar-refractivity contribution in [1.82, 2.24) is 0 Å². The Morgan fingerprint density at radius 2 is 1.44 bits per heavy atom. The van der Waals surface area contributed by atoms with Crippen LogP contribution in [-0.4, -0.2) is 40.0 Å². The third-order valence-corrected chi connectivity index (χ3v) is 13.8. The molecular weight excluding hydrogens is 176 g/mol. The van der Waals surface area contributed by atoms with E-state index in [0.29, 0.717) is 0 Å². The molecule has 0 amide bonds. The SMILES string of the molecule is C[C]([Mg+])([SiH3])[Si](C)(C)C.[Cl-]. The zero-order chi connectivity index (χ0) is 7.00. The van der Waals surface area contributed by atoms with Crippen molar-refractivity contribution < 1.29 is 12.4 Å². The first kappa shape index (κ1) is 13.1. The maximum absolute atomic E-state index is 2.45. The second kappa shape index (κ2) is 3.76. The summed E-state index contributed by atoms with van der Waals surface area (Å²) in [6, 6.07) is 0. The minimum atomic E-state index is -0.785. The zero-order valence-electron chi connectivity index (χ0n) is 7.09. The van der Waals surface area contributed by atoms with Crippen LogP contribution in [0.5, 0.6) is 0 Å². The van der Waals surface area contributed by atoms with Gasteiger partial charge in [-0.15, -0.1) is 0 Å². The van der Waals surface area contributed by atoms with E-state index >= 15 is 0 Å². The number of hydrogen-bond donors (Lipinski definition) is 0. The molecule has 0 aliphatic rings. The Bertz CT molecular complexity index is 69.9. The van der Waals surface area contributed by atoms with E-state index in [4.69, 9.17) is 0 Å². The Kier molecular flexibility index (Phi) is 5.47. The molecule has 52 valence electrons. The van der Waals surface area contributed by atoms with Gasteiger partial charge in [0.15, 0.2) is 0 Å². The van der Waals surface area contributed by atoms with E-state index in [-0.39, 0.29) is 12.4 Å². The third kappa shape index (κ3) is 4.84. The first-order chi connectivity index (χ1) is 3.25. The predicted molar refractivity (Wildman–Crippen MR) is 47.4 cm³/mol. The minimum absolute atomic E-state index is 0. The normalized spacial score (nSPS) is 18.4.